The van der Waals surface area contributed by atoms with E-state index < -0.39 is 6.04 Å². The highest BCUT2D eigenvalue weighted by Gasteiger charge is 2.34. The molecule has 0 fully saturated rings. The number of fused-ring (bicyclic) bond motifs is 1. The second-order valence-corrected chi connectivity index (χ2v) is 8.17. The van der Waals surface area contributed by atoms with E-state index in [9.17, 15) is 4.79 Å². The van der Waals surface area contributed by atoms with Crippen molar-refractivity contribution in [3.05, 3.63) is 101 Å². The normalized spacial score (nSPS) is 15.1. The third-order valence-electron chi connectivity index (χ3n) is 5.92. The van der Waals surface area contributed by atoms with Gasteiger partial charge >= 0.3 is 0 Å². The number of nitrogens with zero attached hydrogens (tertiary/aromatic N) is 4. The largest absolute Gasteiger partial charge is 0.328 e. The molecule has 33 heavy (non-hydrogen) atoms. The number of para-hydroxylation sites is 1. The Morgan fingerprint density at radius 2 is 1.73 bits per heavy atom. The van der Waals surface area contributed by atoms with Crippen LogP contribution in [0.4, 0.5) is 11.6 Å². The van der Waals surface area contributed by atoms with Crippen LogP contribution >= 0.6 is 0 Å². The predicted molar refractivity (Wildman–Crippen MR) is 129 cm³/mol. The minimum atomic E-state index is -0.444. The zero-order chi connectivity index (χ0) is 22.9. The van der Waals surface area contributed by atoms with Gasteiger partial charge in [0.15, 0.2) is 5.82 Å². The van der Waals surface area contributed by atoms with Crippen LogP contribution in [-0.2, 0) is 4.79 Å². The lowest BCUT2D eigenvalue weighted by Crippen LogP contribution is -2.31. The lowest BCUT2D eigenvalue weighted by Gasteiger charge is -2.28. The third kappa shape index (κ3) is 3.89. The Hall–Kier alpha value is -4.26. The molecule has 1 aliphatic rings. The standard InChI is InChI=1S/C26H24N6O/c1-16-9-10-20(15-17(16)2)24-30-26-28-18(3)22(25(33)29-21-7-5-4-6-8-21)23(32(26)31-24)19-11-13-27-14-12-19/h4-15,23H,1-3H3,(H,29,33)(H,28,30,31). The van der Waals surface area contributed by atoms with Crippen molar-refractivity contribution in [2.24, 2.45) is 0 Å². The van der Waals surface area contributed by atoms with E-state index in [0.717, 1.165) is 22.5 Å². The summed E-state index contributed by atoms with van der Waals surface area (Å²) in [5.41, 5.74) is 6.27. The smallest absolute Gasteiger partial charge is 0.255 e. The number of rotatable bonds is 4. The number of aryl methyl sites for hydroxylation is 2. The van der Waals surface area contributed by atoms with Gasteiger partial charge in [0.25, 0.3) is 5.91 Å². The molecular weight excluding hydrogens is 412 g/mol. The van der Waals surface area contributed by atoms with Gasteiger partial charge in [0.2, 0.25) is 5.95 Å². The zero-order valence-corrected chi connectivity index (χ0v) is 18.7. The van der Waals surface area contributed by atoms with Crippen LogP contribution in [-0.4, -0.2) is 25.7 Å². The summed E-state index contributed by atoms with van der Waals surface area (Å²) < 4.78 is 1.78. The highest BCUT2D eigenvalue weighted by molar-refractivity contribution is 6.06. The molecule has 4 aromatic rings. The molecular formula is C26H24N6O. The quantitative estimate of drug-likeness (QED) is 0.476. The summed E-state index contributed by atoms with van der Waals surface area (Å²) in [5, 5.41) is 11.1. The van der Waals surface area contributed by atoms with Crippen molar-refractivity contribution >= 4 is 17.5 Å². The Morgan fingerprint density at radius 1 is 0.970 bits per heavy atom. The lowest BCUT2D eigenvalue weighted by atomic mass is 9.96. The van der Waals surface area contributed by atoms with Crippen LogP contribution in [0, 0.1) is 13.8 Å². The molecule has 0 spiro atoms. The number of aromatic nitrogens is 4. The van der Waals surface area contributed by atoms with Gasteiger partial charge in [-0.25, -0.2) is 4.68 Å². The lowest BCUT2D eigenvalue weighted by molar-refractivity contribution is -0.113. The molecule has 7 heteroatoms. The van der Waals surface area contributed by atoms with E-state index in [0.29, 0.717) is 17.3 Å². The monoisotopic (exact) mass is 436 g/mol. The molecule has 0 saturated heterocycles. The summed E-state index contributed by atoms with van der Waals surface area (Å²) in [6, 6.07) is 19.0. The molecule has 2 aromatic heterocycles. The highest BCUT2D eigenvalue weighted by atomic mass is 16.1. The molecule has 3 heterocycles. The summed E-state index contributed by atoms with van der Waals surface area (Å²) in [7, 11) is 0. The topological polar surface area (TPSA) is 84.7 Å². The first-order chi connectivity index (χ1) is 16.0. The molecule has 1 aliphatic heterocycles. The van der Waals surface area contributed by atoms with Crippen molar-refractivity contribution < 1.29 is 4.79 Å². The van der Waals surface area contributed by atoms with Gasteiger partial charge in [-0.05, 0) is 67.8 Å². The Labute approximate surface area is 192 Å². The Bertz CT molecular complexity index is 1360. The van der Waals surface area contributed by atoms with Crippen molar-refractivity contribution in [2.75, 3.05) is 10.6 Å². The summed E-state index contributed by atoms with van der Waals surface area (Å²) in [5.74, 6) is 1.01. The number of benzene rings is 2. The first-order valence-electron chi connectivity index (χ1n) is 10.8. The molecule has 0 saturated carbocycles. The van der Waals surface area contributed by atoms with Crippen LogP contribution in [0.15, 0.2) is 84.3 Å². The molecule has 0 bridgehead atoms. The van der Waals surface area contributed by atoms with Crippen LogP contribution in [0.5, 0.6) is 0 Å². The Balaban J connectivity index is 1.59. The van der Waals surface area contributed by atoms with Crippen molar-refractivity contribution in [1.29, 1.82) is 0 Å². The SMILES string of the molecule is CC1=C(C(=O)Nc2ccccc2)C(c2ccncc2)n2nc(-c3ccc(C)c(C)c3)nc2N1. The maximum absolute atomic E-state index is 13.4. The van der Waals surface area contributed by atoms with E-state index in [2.05, 4.69) is 41.6 Å². The predicted octanol–water partition coefficient (Wildman–Crippen LogP) is 4.88. The number of hydrogen-bond acceptors (Lipinski definition) is 5. The molecule has 0 radical (unpaired) electrons. The molecule has 2 N–H and O–H groups in total. The number of amides is 1. The fraction of sp³-hybridized carbons (Fsp3) is 0.154. The second kappa shape index (κ2) is 8.35. The third-order valence-corrected chi connectivity index (χ3v) is 5.92. The van der Waals surface area contributed by atoms with E-state index >= 15 is 0 Å². The average Bonchev–Trinajstić information content (AvgIpc) is 3.24. The van der Waals surface area contributed by atoms with Crippen molar-refractivity contribution in [1.82, 2.24) is 19.7 Å². The molecule has 1 amide bonds. The Kier molecular flexibility index (Phi) is 5.22. The summed E-state index contributed by atoms with van der Waals surface area (Å²) in [6.07, 6.45) is 3.44. The van der Waals surface area contributed by atoms with Crippen molar-refractivity contribution in [3.63, 3.8) is 0 Å². The van der Waals surface area contributed by atoms with Gasteiger partial charge in [0, 0.05) is 29.3 Å². The number of carbonyl (C=O) groups is 1. The average molecular weight is 437 g/mol. The van der Waals surface area contributed by atoms with Gasteiger partial charge in [-0.1, -0.05) is 30.3 Å². The minimum Gasteiger partial charge on any atom is -0.328 e. The van der Waals surface area contributed by atoms with Crippen molar-refractivity contribution in [2.45, 2.75) is 26.8 Å². The van der Waals surface area contributed by atoms with E-state index in [1.807, 2.05) is 55.5 Å². The van der Waals surface area contributed by atoms with Gasteiger partial charge in [-0.3, -0.25) is 9.78 Å². The van der Waals surface area contributed by atoms with E-state index in [-0.39, 0.29) is 5.91 Å². The number of hydrogen-bond donors (Lipinski definition) is 2. The summed E-state index contributed by atoms with van der Waals surface area (Å²) in [6.45, 7) is 6.04. The number of pyridine rings is 1. The first-order valence-corrected chi connectivity index (χ1v) is 10.8. The number of nitrogens with one attached hydrogen (secondary N) is 2. The maximum atomic E-state index is 13.4. The minimum absolute atomic E-state index is 0.193. The van der Waals surface area contributed by atoms with Crippen LogP contribution in [0.25, 0.3) is 11.4 Å². The van der Waals surface area contributed by atoms with Gasteiger partial charge in [-0.2, -0.15) is 4.98 Å². The molecule has 0 aliphatic carbocycles. The van der Waals surface area contributed by atoms with Crippen LogP contribution in [0.3, 0.4) is 0 Å². The molecule has 1 atom stereocenters. The van der Waals surface area contributed by atoms with Gasteiger partial charge in [-0.15, -0.1) is 5.10 Å². The number of allylic oxidation sites excluding steroid dienone is 1. The maximum Gasteiger partial charge on any atom is 0.255 e. The second-order valence-electron chi connectivity index (χ2n) is 8.17. The number of anilines is 2. The van der Waals surface area contributed by atoms with Gasteiger partial charge < -0.3 is 10.6 Å². The van der Waals surface area contributed by atoms with Gasteiger partial charge in [0.1, 0.15) is 6.04 Å². The zero-order valence-electron chi connectivity index (χ0n) is 18.7. The molecule has 7 nitrogen and oxygen atoms in total. The van der Waals surface area contributed by atoms with Crippen LogP contribution in [0.2, 0.25) is 0 Å². The molecule has 1 unspecified atom stereocenters. The molecule has 2 aromatic carbocycles. The van der Waals surface area contributed by atoms with E-state index in [1.165, 1.54) is 11.1 Å². The highest BCUT2D eigenvalue weighted by Crippen LogP contribution is 2.36. The van der Waals surface area contributed by atoms with E-state index in [4.69, 9.17) is 10.1 Å². The van der Waals surface area contributed by atoms with Crippen molar-refractivity contribution in [3.8, 4) is 11.4 Å². The summed E-state index contributed by atoms with van der Waals surface area (Å²) in [4.78, 5) is 22.3. The number of carbonyl (C=O) groups excluding carboxylic acids is 1. The molecule has 5 rings (SSSR count). The molecule has 164 valence electrons. The fourth-order valence-corrected chi connectivity index (χ4v) is 4.02. The fourth-order valence-electron chi connectivity index (χ4n) is 4.02. The summed E-state index contributed by atoms with van der Waals surface area (Å²) >= 11 is 0. The van der Waals surface area contributed by atoms with E-state index in [1.54, 1.807) is 17.1 Å². The van der Waals surface area contributed by atoms with Crippen LogP contribution in [0.1, 0.15) is 29.7 Å². The van der Waals surface area contributed by atoms with Crippen LogP contribution < -0.4 is 10.6 Å². The first kappa shape index (κ1) is 20.6. The van der Waals surface area contributed by atoms with Gasteiger partial charge in [0.05, 0.1) is 5.57 Å². The Morgan fingerprint density at radius 3 is 2.45 bits per heavy atom.